The summed E-state index contributed by atoms with van der Waals surface area (Å²) in [6.45, 7) is 0. The summed E-state index contributed by atoms with van der Waals surface area (Å²) < 4.78 is 97.8. The summed E-state index contributed by atoms with van der Waals surface area (Å²) in [4.78, 5) is 20.3. The van der Waals surface area contributed by atoms with Gasteiger partial charge in [-0.1, -0.05) is 6.07 Å². The number of nitrogens with one attached hydrogen (secondary N) is 1. The minimum absolute atomic E-state index is 0.272. The lowest BCUT2D eigenvalue weighted by Gasteiger charge is -2.13. The zero-order valence-corrected chi connectivity index (χ0v) is 18.8. The van der Waals surface area contributed by atoms with Crippen molar-refractivity contribution in [3.8, 4) is 0 Å². The van der Waals surface area contributed by atoms with Crippen LogP contribution in [0.5, 0.6) is 0 Å². The number of rotatable bonds is 6. The predicted molar refractivity (Wildman–Crippen MR) is 114 cm³/mol. The fraction of sp³-hybridized carbons (Fsp3) is 0. The van der Waals surface area contributed by atoms with Crippen molar-refractivity contribution < 1.29 is 48.6 Å². The second kappa shape index (κ2) is 8.38. The van der Waals surface area contributed by atoms with E-state index in [1.807, 2.05) is 0 Å². The molecular weight excluding hydrogens is 520 g/mol. The van der Waals surface area contributed by atoms with Crippen LogP contribution in [0.4, 0.5) is 11.4 Å². The molecule has 17 heteroatoms. The molecule has 3 aromatic rings. The monoisotopic (exact) mass is 532 g/mol. The normalized spacial score (nSPS) is 12.4. The Hall–Kier alpha value is -3.48. The Balaban J connectivity index is 2.23. The van der Waals surface area contributed by atoms with E-state index in [1.165, 1.54) is 0 Å². The molecular formula is C17H12N2O12S3. The lowest BCUT2D eigenvalue weighted by molar-refractivity contribution is -0.385. The van der Waals surface area contributed by atoms with Gasteiger partial charge in [-0.3, -0.25) is 28.6 Å². The molecule has 0 radical (unpaired) electrons. The van der Waals surface area contributed by atoms with E-state index in [1.54, 1.807) is 0 Å². The van der Waals surface area contributed by atoms with Crippen molar-refractivity contribution in [1.29, 1.82) is 0 Å². The van der Waals surface area contributed by atoms with Crippen LogP contribution in [-0.4, -0.2) is 49.7 Å². The Labute approximate surface area is 191 Å². The molecule has 0 spiro atoms. The molecule has 180 valence electrons. The molecule has 0 heterocycles. The van der Waals surface area contributed by atoms with E-state index in [9.17, 15) is 53.8 Å². The molecule has 0 aliphatic carbocycles. The number of nitro groups is 1. The molecule has 0 aliphatic heterocycles. The average Bonchev–Trinajstić information content (AvgIpc) is 2.70. The van der Waals surface area contributed by atoms with Gasteiger partial charge in [-0.15, -0.1) is 0 Å². The van der Waals surface area contributed by atoms with Crippen molar-refractivity contribution >= 4 is 58.4 Å². The number of nitro benzene ring substituents is 1. The van der Waals surface area contributed by atoms with Crippen LogP contribution in [0.2, 0.25) is 0 Å². The van der Waals surface area contributed by atoms with Gasteiger partial charge >= 0.3 is 0 Å². The Morgan fingerprint density at radius 3 is 1.91 bits per heavy atom. The van der Waals surface area contributed by atoms with Gasteiger partial charge in [0.2, 0.25) is 0 Å². The van der Waals surface area contributed by atoms with Gasteiger partial charge in [0, 0.05) is 28.6 Å². The number of benzene rings is 3. The minimum atomic E-state index is -5.11. The molecule has 4 N–H and O–H groups in total. The smallest absolute Gasteiger partial charge is 0.295 e. The highest BCUT2D eigenvalue weighted by Crippen LogP contribution is 2.32. The fourth-order valence-corrected chi connectivity index (χ4v) is 4.92. The third kappa shape index (κ3) is 5.03. The Morgan fingerprint density at radius 2 is 1.38 bits per heavy atom. The molecule has 3 aromatic carbocycles. The quantitative estimate of drug-likeness (QED) is 0.202. The highest BCUT2D eigenvalue weighted by molar-refractivity contribution is 7.86. The number of hydrogen-bond acceptors (Lipinski definition) is 9. The molecule has 0 fully saturated rings. The third-order valence-corrected chi connectivity index (χ3v) is 7.13. The zero-order chi connectivity index (χ0) is 25.6. The summed E-state index contributed by atoms with van der Waals surface area (Å²) in [6.07, 6.45) is 0. The zero-order valence-electron chi connectivity index (χ0n) is 16.3. The van der Waals surface area contributed by atoms with Gasteiger partial charge < -0.3 is 5.32 Å². The van der Waals surface area contributed by atoms with E-state index in [0.717, 1.165) is 42.5 Å². The molecule has 0 bridgehead atoms. The number of nitrogens with zero attached hydrogens (tertiary/aromatic N) is 1. The van der Waals surface area contributed by atoms with Crippen molar-refractivity contribution in [2.24, 2.45) is 0 Å². The summed E-state index contributed by atoms with van der Waals surface area (Å²) in [7, 11) is -14.7. The first-order chi connectivity index (χ1) is 15.5. The SMILES string of the molecule is O=C(Nc1ccc(S(=O)(=O)O)c2ccc(S(=O)(=O)O)cc12)c1ccc([N+](=O)[O-])cc1S(=O)(=O)O. The van der Waals surface area contributed by atoms with E-state index >= 15 is 0 Å². The standard InChI is InChI=1S/C17H12N2O12S3/c20-17(12-3-1-9(19(21)22)7-16(12)34(29,30)31)18-14-5-6-15(33(26,27)28)11-4-2-10(8-13(11)14)32(23,24)25/h1-8H,(H,18,20)(H,23,24,25)(H,26,27,28)(H,29,30,31). The summed E-state index contributed by atoms with van der Waals surface area (Å²) in [5, 5.41) is 12.5. The molecule has 0 aliphatic rings. The lowest BCUT2D eigenvalue weighted by Crippen LogP contribution is -2.17. The van der Waals surface area contributed by atoms with Gasteiger partial charge in [0.1, 0.15) is 9.79 Å². The van der Waals surface area contributed by atoms with Crippen LogP contribution < -0.4 is 5.32 Å². The number of hydrogen-bond donors (Lipinski definition) is 4. The molecule has 14 nitrogen and oxygen atoms in total. The maximum atomic E-state index is 12.8. The van der Waals surface area contributed by atoms with Gasteiger partial charge in [0.15, 0.2) is 0 Å². The summed E-state index contributed by atoms with van der Waals surface area (Å²) in [5.41, 5.74) is -1.77. The van der Waals surface area contributed by atoms with E-state index in [-0.39, 0.29) is 16.5 Å². The molecule has 3 rings (SSSR count). The van der Waals surface area contributed by atoms with Crippen LogP contribution in [-0.2, 0) is 30.4 Å². The highest BCUT2D eigenvalue weighted by atomic mass is 32.2. The number of non-ortho nitro benzene ring substituents is 1. The number of fused-ring (bicyclic) bond motifs is 1. The van der Waals surface area contributed by atoms with Crippen LogP contribution in [0, 0.1) is 10.1 Å². The van der Waals surface area contributed by atoms with Crippen molar-refractivity contribution in [3.05, 3.63) is 64.2 Å². The van der Waals surface area contributed by atoms with Crippen molar-refractivity contribution in [2.75, 3.05) is 5.32 Å². The first-order valence-corrected chi connectivity index (χ1v) is 12.9. The molecule has 0 atom stereocenters. The van der Waals surface area contributed by atoms with Crippen LogP contribution in [0.15, 0.2) is 63.2 Å². The topological polar surface area (TPSA) is 235 Å². The second-order valence-electron chi connectivity index (χ2n) is 6.64. The van der Waals surface area contributed by atoms with Gasteiger partial charge in [-0.2, -0.15) is 25.3 Å². The number of carbonyl (C=O) groups is 1. The van der Waals surface area contributed by atoms with Gasteiger partial charge in [-0.05, 0) is 30.3 Å². The highest BCUT2D eigenvalue weighted by Gasteiger charge is 2.25. The van der Waals surface area contributed by atoms with Crippen molar-refractivity contribution in [2.45, 2.75) is 14.7 Å². The van der Waals surface area contributed by atoms with Gasteiger partial charge in [0.25, 0.3) is 41.9 Å². The first-order valence-electron chi connectivity index (χ1n) is 8.59. The molecule has 1 amide bonds. The van der Waals surface area contributed by atoms with Crippen LogP contribution in [0.1, 0.15) is 10.4 Å². The Morgan fingerprint density at radius 1 is 0.765 bits per heavy atom. The van der Waals surface area contributed by atoms with Crippen LogP contribution >= 0.6 is 0 Å². The molecule has 0 unspecified atom stereocenters. The summed E-state index contributed by atoms with van der Waals surface area (Å²) in [5.74, 6) is -1.24. The van der Waals surface area contributed by atoms with E-state index in [4.69, 9.17) is 0 Å². The van der Waals surface area contributed by atoms with Crippen LogP contribution in [0.3, 0.4) is 0 Å². The number of carbonyl (C=O) groups excluding carboxylic acids is 1. The van der Waals surface area contributed by atoms with Crippen molar-refractivity contribution in [3.63, 3.8) is 0 Å². The predicted octanol–water partition coefficient (Wildman–Crippen LogP) is 1.74. The third-order valence-electron chi connectivity index (χ3n) is 4.47. The maximum absolute atomic E-state index is 12.8. The molecule has 0 saturated carbocycles. The Bertz CT molecular complexity index is 1700. The van der Waals surface area contributed by atoms with Crippen molar-refractivity contribution in [1.82, 2.24) is 0 Å². The summed E-state index contributed by atoms with van der Waals surface area (Å²) >= 11 is 0. The molecule has 0 saturated heterocycles. The van der Waals surface area contributed by atoms with E-state index < -0.39 is 67.1 Å². The number of amides is 1. The molecule has 0 aromatic heterocycles. The lowest BCUT2D eigenvalue weighted by atomic mass is 10.1. The Kier molecular flexibility index (Phi) is 6.20. The van der Waals surface area contributed by atoms with Crippen LogP contribution in [0.25, 0.3) is 10.8 Å². The maximum Gasteiger partial charge on any atom is 0.295 e. The number of anilines is 1. The minimum Gasteiger partial charge on any atom is -0.321 e. The average molecular weight is 532 g/mol. The first kappa shape index (κ1) is 25.1. The largest absolute Gasteiger partial charge is 0.321 e. The second-order valence-corrected chi connectivity index (χ2v) is 10.8. The van der Waals surface area contributed by atoms with Gasteiger partial charge in [0.05, 0.1) is 15.4 Å². The summed E-state index contributed by atoms with van der Waals surface area (Å²) in [6, 6.07) is 6.34. The van der Waals surface area contributed by atoms with E-state index in [0.29, 0.717) is 6.07 Å². The van der Waals surface area contributed by atoms with Gasteiger partial charge in [-0.25, -0.2) is 0 Å². The fourth-order valence-electron chi connectivity index (χ4n) is 3.01. The molecule has 34 heavy (non-hydrogen) atoms. The van der Waals surface area contributed by atoms with E-state index in [2.05, 4.69) is 5.32 Å².